The van der Waals surface area contributed by atoms with Crippen molar-refractivity contribution < 1.29 is 9.53 Å². The number of aromatic nitrogens is 1. The zero-order valence-corrected chi connectivity index (χ0v) is 20.2. The first-order valence-electron chi connectivity index (χ1n) is 10.5. The van der Waals surface area contributed by atoms with Crippen LogP contribution in [0.4, 0.5) is 0 Å². The van der Waals surface area contributed by atoms with Gasteiger partial charge in [-0.15, -0.1) is 24.0 Å². The van der Waals surface area contributed by atoms with Crippen LogP contribution >= 0.6 is 24.0 Å². The average Bonchev–Trinajstić information content (AvgIpc) is 2.73. The molecular formula is C21H36IN5O2. The zero-order valence-electron chi connectivity index (χ0n) is 17.9. The van der Waals surface area contributed by atoms with Gasteiger partial charge in [0.25, 0.3) is 0 Å². The van der Waals surface area contributed by atoms with Gasteiger partial charge in [0.2, 0.25) is 5.91 Å². The maximum atomic E-state index is 12.5. The van der Waals surface area contributed by atoms with Crippen molar-refractivity contribution in [2.24, 2.45) is 10.9 Å². The van der Waals surface area contributed by atoms with Gasteiger partial charge >= 0.3 is 0 Å². The molecule has 2 heterocycles. The highest BCUT2D eigenvalue weighted by molar-refractivity contribution is 14.0. The smallest absolute Gasteiger partial charge is 0.225 e. The standard InChI is InChI=1S/C21H35N5O2.HI/c1-4-17(5-2)20(27)26-13-9-18(10-14-26)25-21(23-6-3)24-12-15-28-19-8-7-11-22-16-19;/h7-8,11,16-18H,4-6,9-10,12-15H2,1-3H3,(H2,23,24,25);1H. The van der Waals surface area contributed by atoms with Crippen molar-refractivity contribution in [1.82, 2.24) is 20.5 Å². The third-order valence-electron chi connectivity index (χ3n) is 5.09. The molecule has 1 amide bonds. The highest BCUT2D eigenvalue weighted by Gasteiger charge is 2.26. The highest BCUT2D eigenvalue weighted by Crippen LogP contribution is 2.17. The Hall–Kier alpha value is -1.58. The second kappa shape index (κ2) is 14.4. The second-order valence-electron chi connectivity index (χ2n) is 7.06. The van der Waals surface area contributed by atoms with E-state index in [2.05, 4.69) is 41.4 Å². The molecule has 1 aliphatic heterocycles. The molecule has 0 bridgehead atoms. The Kier molecular flexibility index (Phi) is 12.6. The van der Waals surface area contributed by atoms with Gasteiger partial charge in [-0.2, -0.15) is 0 Å². The van der Waals surface area contributed by atoms with E-state index in [1.165, 1.54) is 0 Å². The molecule has 0 aliphatic carbocycles. The van der Waals surface area contributed by atoms with Gasteiger partial charge < -0.3 is 20.3 Å². The number of carbonyl (C=O) groups excluding carboxylic acids is 1. The van der Waals surface area contributed by atoms with Crippen LogP contribution in [0.3, 0.4) is 0 Å². The van der Waals surface area contributed by atoms with E-state index < -0.39 is 0 Å². The predicted molar refractivity (Wildman–Crippen MR) is 128 cm³/mol. The van der Waals surface area contributed by atoms with E-state index in [1.807, 2.05) is 17.0 Å². The molecule has 1 aromatic heterocycles. The average molecular weight is 517 g/mol. The van der Waals surface area contributed by atoms with Crippen molar-refractivity contribution in [2.75, 3.05) is 32.8 Å². The fourth-order valence-corrected chi connectivity index (χ4v) is 3.41. The summed E-state index contributed by atoms with van der Waals surface area (Å²) in [5, 5.41) is 6.79. The number of nitrogens with one attached hydrogen (secondary N) is 2. The number of ether oxygens (including phenoxy) is 1. The Morgan fingerprint density at radius 3 is 2.62 bits per heavy atom. The van der Waals surface area contributed by atoms with Crippen LogP contribution in [0, 0.1) is 5.92 Å². The Bertz CT molecular complexity index is 602. The van der Waals surface area contributed by atoms with E-state index >= 15 is 0 Å². The molecule has 164 valence electrons. The second-order valence-corrected chi connectivity index (χ2v) is 7.06. The molecule has 2 N–H and O–H groups in total. The first kappa shape index (κ1) is 25.5. The summed E-state index contributed by atoms with van der Waals surface area (Å²) in [6.45, 7) is 9.75. The van der Waals surface area contributed by atoms with Gasteiger partial charge in [0.1, 0.15) is 12.4 Å². The van der Waals surface area contributed by atoms with Crippen LogP contribution in [0.2, 0.25) is 0 Å². The number of guanidine groups is 1. The van der Waals surface area contributed by atoms with E-state index in [0.29, 0.717) is 25.1 Å². The number of nitrogens with zero attached hydrogens (tertiary/aromatic N) is 3. The minimum atomic E-state index is 0. The first-order valence-corrected chi connectivity index (χ1v) is 10.5. The van der Waals surface area contributed by atoms with Gasteiger partial charge in [-0.05, 0) is 44.7 Å². The summed E-state index contributed by atoms with van der Waals surface area (Å²) in [5.74, 6) is 2.05. The van der Waals surface area contributed by atoms with Gasteiger partial charge in [0.15, 0.2) is 5.96 Å². The topological polar surface area (TPSA) is 78.9 Å². The van der Waals surface area contributed by atoms with Crippen LogP contribution in [-0.4, -0.2) is 60.6 Å². The summed E-state index contributed by atoms with van der Waals surface area (Å²) < 4.78 is 5.64. The minimum Gasteiger partial charge on any atom is -0.490 e. The van der Waals surface area contributed by atoms with Crippen molar-refractivity contribution in [3.05, 3.63) is 24.5 Å². The molecule has 0 spiro atoms. The number of carbonyl (C=O) groups is 1. The Labute approximate surface area is 192 Å². The summed E-state index contributed by atoms with van der Waals surface area (Å²) in [6.07, 6.45) is 7.16. The van der Waals surface area contributed by atoms with Crippen molar-refractivity contribution in [3.8, 4) is 5.75 Å². The molecule has 0 aromatic carbocycles. The van der Waals surface area contributed by atoms with Crippen molar-refractivity contribution in [2.45, 2.75) is 52.5 Å². The Morgan fingerprint density at radius 2 is 2.03 bits per heavy atom. The number of halogens is 1. The Balaban J connectivity index is 0.00000420. The normalized spacial score (nSPS) is 15.0. The SMILES string of the molecule is CCNC(=NCCOc1cccnc1)NC1CCN(C(=O)C(CC)CC)CC1.I. The number of amides is 1. The molecule has 7 nitrogen and oxygen atoms in total. The van der Waals surface area contributed by atoms with Crippen LogP contribution in [0.1, 0.15) is 46.5 Å². The van der Waals surface area contributed by atoms with E-state index in [-0.39, 0.29) is 29.9 Å². The Morgan fingerprint density at radius 1 is 1.31 bits per heavy atom. The number of aliphatic imine (C=N–C) groups is 1. The third kappa shape index (κ3) is 8.76. The molecule has 1 aromatic rings. The fourth-order valence-electron chi connectivity index (χ4n) is 3.41. The number of hydrogen-bond acceptors (Lipinski definition) is 4. The molecule has 2 rings (SSSR count). The number of piperidine rings is 1. The molecular weight excluding hydrogens is 481 g/mol. The lowest BCUT2D eigenvalue weighted by Crippen LogP contribution is -2.50. The minimum absolute atomic E-state index is 0. The van der Waals surface area contributed by atoms with Crippen LogP contribution in [0.25, 0.3) is 0 Å². The van der Waals surface area contributed by atoms with Gasteiger partial charge in [-0.1, -0.05) is 13.8 Å². The third-order valence-corrected chi connectivity index (χ3v) is 5.09. The van der Waals surface area contributed by atoms with E-state index in [0.717, 1.165) is 57.0 Å². The van der Waals surface area contributed by atoms with E-state index in [1.54, 1.807) is 12.4 Å². The van der Waals surface area contributed by atoms with E-state index in [9.17, 15) is 4.79 Å². The monoisotopic (exact) mass is 517 g/mol. The van der Waals surface area contributed by atoms with Crippen LogP contribution in [0.5, 0.6) is 5.75 Å². The molecule has 8 heteroatoms. The van der Waals surface area contributed by atoms with Crippen LogP contribution in [0.15, 0.2) is 29.5 Å². The summed E-state index contributed by atoms with van der Waals surface area (Å²) in [5.41, 5.74) is 0. The number of hydrogen-bond donors (Lipinski definition) is 2. The zero-order chi connectivity index (χ0) is 20.2. The van der Waals surface area contributed by atoms with Crippen LogP contribution < -0.4 is 15.4 Å². The first-order chi connectivity index (χ1) is 13.7. The lowest BCUT2D eigenvalue weighted by molar-refractivity contribution is -0.136. The maximum absolute atomic E-state index is 12.5. The molecule has 1 fully saturated rings. The molecule has 1 saturated heterocycles. The lowest BCUT2D eigenvalue weighted by Gasteiger charge is -2.34. The van der Waals surface area contributed by atoms with Crippen LogP contribution in [-0.2, 0) is 4.79 Å². The number of rotatable bonds is 9. The summed E-state index contributed by atoms with van der Waals surface area (Å²) >= 11 is 0. The summed E-state index contributed by atoms with van der Waals surface area (Å²) in [4.78, 5) is 23.2. The largest absolute Gasteiger partial charge is 0.490 e. The fraction of sp³-hybridized carbons (Fsp3) is 0.667. The lowest BCUT2D eigenvalue weighted by atomic mass is 9.98. The number of likely N-dealkylation sites (tertiary alicyclic amines) is 1. The molecule has 0 unspecified atom stereocenters. The van der Waals surface area contributed by atoms with E-state index in [4.69, 9.17) is 4.74 Å². The maximum Gasteiger partial charge on any atom is 0.225 e. The van der Waals surface area contributed by atoms with Gasteiger partial charge in [0.05, 0.1) is 12.7 Å². The quantitative estimate of drug-likeness (QED) is 0.228. The van der Waals surface area contributed by atoms with Gasteiger partial charge in [-0.25, -0.2) is 4.99 Å². The molecule has 29 heavy (non-hydrogen) atoms. The van der Waals surface area contributed by atoms with Gasteiger partial charge in [0, 0.05) is 37.8 Å². The van der Waals surface area contributed by atoms with Crippen molar-refractivity contribution >= 4 is 35.8 Å². The summed E-state index contributed by atoms with van der Waals surface area (Å²) in [6, 6.07) is 4.07. The van der Waals surface area contributed by atoms with Crippen molar-refractivity contribution in [3.63, 3.8) is 0 Å². The molecule has 1 aliphatic rings. The molecule has 0 atom stereocenters. The van der Waals surface area contributed by atoms with Gasteiger partial charge in [-0.3, -0.25) is 9.78 Å². The molecule has 0 saturated carbocycles. The summed E-state index contributed by atoms with van der Waals surface area (Å²) in [7, 11) is 0. The van der Waals surface area contributed by atoms with Crippen molar-refractivity contribution in [1.29, 1.82) is 0 Å². The molecule has 0 radical (unpaired) electrons. The predicted octanol–water partition coefficient (Wildman–Crippen LogP) is 3.06. The number of pyridine rings is 1. The highest BCUT2D eigenvalue weighted by atomic mass is 127.